The number of likely N-dealkylation sites (N-methyl/N-ethyl adjacent to an activating group) is 1. The molecule has 138 valence electrons. The third-order valence-corrected chi connectivity index (χ3v) is 5.48. The Bertz CT molecular complexity index is 958. The lowest BCUT2D eigenvalue weighted by atomic mass is 10.0. The number of phenolic OH excluding ortho intramolecular Hbond substituents is 1. The number of nitro groups is 1. The van der Waals surface area contributed by atoms with Crippen molar-refractivity contribution >= 4 is 46.0 Å². The summed E-state index contributed by atoms with van der Waals surface area (Å²) in [5.41, 5.74) is 1.50. The number of hydrogen-bond acceptors (Lipinski definition) is 6. The molecule has 2 aromatic carbocycles. The molecule has 1 aliphatic rings. The van der Waals surface area contributed by atoms with E-state index >= 15 is 0 Å². The van der Waals surface area contributed by atoms with Crippen LogP contribution in [0.4, 0.5) is 5.69 Å². The van der Waals surface area contributed by atoms with Crippen LogP contribution in [0.5, 0.6) is 5.75 Å². The normalized spacial score (nSPS) is 15.6. The number of hydrogen-bond donors (Lipinski definition) is 1. The monoisotopic (exact) mass is 400 g/mol. The lowest BCUT2D eigenvalue weighted by Gasteiger charge is -2.10. The molecule has 1 fully saturated rings. The van der Waals surface area contributed by atoms with Crippen molar-refractivity contribution in [3.05, 3.63) is 74.2 Å². The second-order valence-corrected chi connectivity index (χ2v) is 7.57. The van der Waals surface area contributed by atoms with Gasteiger partial charge in [0.05, 0.1) is 9.83 Å². The number of rotatable bonds is 5. The lowest BCUT2D eigenvalue weighted by Crippen LogP contribution is -2.27. The van der Waals surface area contributed by atoms with Crippen molar-refractivity contribution in [3.63, 3.8) is 0 Å². The minimum absolute atomic E-state index is 0.228. The van der Waals surface area contributed by atoms with Crippen LogP contribution in [0.1, 0.15) is 23.6 Å². The third-order valence-electron chi connectivity index (χ3n) is 4.10. The smallest absolute Gasteiger partial charge is 0.311 e. The van der Waals surface area contributed by atoms with Crippen LogP contribution in [-0.2, 0) is 11.2 Å². The molecule has 0 spiro atoms. The summed E-state index contributed by atoms with van der Waals surface area (Å²) in [6, 6.07) is 12.5. The van der Waals surface area contributed by atoms with Gasteiger partial charge < -0.3 is 5.11 Å². The fourth-order valence-electron chi connectivity index (χ4n) is 2.80. The Morgan fingerprint density at radius 1 is 1.26 bits per heavy atom. The predicted molar refractivity (Wildman–Crippen MR) is 110 cm³/mol. The van der Waals surface area contributed by atoms with Crippen LogP contribution < -0.4 is 0 Å². The molecular formula is C19H16N2O4S2. The van der Waals surface area contributed by atoms with Gasteiger partial charge >= 0.3 is 5.69 Å². The minimum Gasteiger partial charge on any atom is -0.502 e. The van der Waals surface area contributed by atoms with Crippen molar-refractivity contribution in [2.24, 2.45) is 0 Å². The zero-order valence-corrected chi connectivity index (χ0v) is 16.0. The summed E-state index contributed by atoms with van der Waals surface area (Å²) in [7, 11) is 0. The highest BCUT2D eigenvalue weighted by Gasteiger charge is 2.31. The van der Waals surface area contributed by atoms with Gasteiger partial charge in [-0.25, -0.2) is 0 Å². The van der Waals surface area contributed by atoms with Crippen LogP contribution in [0.3, 0.4) is 0 Å². The number of nitro benzene ring substituents is 1. The highest BCUT2D eigenvalue weighted by Crippen LogP contribution is 2.37. The number of thiocarbonyl (C=S) groups is 1. The molecule has 3 rings (SSSR count). The summed E-state index contributed by atoms with van der Waals surface area (Å²) in [6.07, 6.45) is 1.94. The number of aromatic hydroxyl groups is 1. The Morgan fingerprint density at radius 3 is 2.56 bits per heavy atom. The zero-order valence-electron chi connectivity index (χ0n) is 14.4. The van der Waals surface area contributed by atoms with Gasteiger partial charge in [-0.3, -0.25) is 19.8 Å². The molecule has 1 amide bonds. The SMILES string of the molecule is CCN1C(=O)/C(=C\c2cc(Cc3ccccc3)cc([N+](=O)[O-])c2O)SC1=S. The maximum absolute atomic E-state index is 12.4. The van der Waals surface area contributed by atoms with Crippen LogP contribution in [0.2, 0.25) is 0 Å². The maximum Gasteiger partial charge on any atom is 0.311 e. The van der Waals surface area contributed by atoms with Gasteiger partial charge in [-0.05, 0) is 36.6 Å². The largest absolute Gasteiger partial charge is 0.502 e. The molecule has 0 atom stereocenters. The van der Waals surface area contributed by atoms with Crippen molar-refractivity contribution < 1.29 is 14.8 Å². The molecule has 0 bridgehead atoms. The van der Waals surface area contributed by atoms with Gasteiger partial charge in [0.2, 0.25) is 5.75 Å². The Labute approximate surface area is 165 Å². The van der Waals surface area contributed by atoms with E-state index in [9.17, 15) is 20.0 Å². The first-order chi connectivity index (χ1) is 12.9. The molecule has 1 N–H and O–H groups in total. The van der Waals surface area contributed by atoms with E-state index in [-0.39, 0.29) is 17.2 Å². The number of carbonyl (C=O) groups excluding carboxylic acids is 1. The fraction of sp³-hybridized carbons (Fsp3) is 0.158. The molecule has 0 aliphatic carbocycles. The molecule has 0 unspecified atom stereocenters. The topological polar surface area (TPSA) is 83.7 Å². The highest BCUT2D eigenvalue weighted by atomic mass is 32.2. The quantitative estimate of drug-likeness (QED) is 0.352. The predicted octanol–water partition coefficient (Wildman–Crippen LogP) is 4.11. The first-order valence-corrected chi connectivity index (χ1v) is 9.42. The Balaban J connectivity index is 2.04. The van der Waals surface area contributed by atoms with Crippen molar-refractivity contribution in [2.75, 3.05) is 6.54 Å². The summed E-state index contributed by atoms with van der Waals surface area (Å²) in [5, 5.41) is 21.7. The second kappa shape index (κ2) is 7.89. The number of phenols is 1. The average Bonchev–Trinajstić information content (AvgIpc) is 2.91. The van der Waals surface area contributed by atoms with Gasteiger partial charge in [0, 0.05) is 18.2 Å². The van der Waals surface area contributed by atoms with Gasteiger partial charge in [-0.15, -0.1) is 0 Å². The number of benzene rings is 2. The van der Waals surface area contributed by atoms with Gasteiger partial charge in [-0.2, -0.15) is 0 Å². The molecule has 1 saturated heterocycles. The molecule has 27 heavy (non-hydrogen) atoms. The van der Waals surface area contributed by atoms with E-state index in [1.165, 1.54) is 17.0 Å². The Kier molecular flexibility index (Phi) is 5.57. The number of carbonyl (C=O) groups is 1. The van der Waals surface area contributed by atoms with E-state index in [0.717, 1.165) is 17.3 Å². The number of nitrogens with zero attached hydrogens (tertiary/aromatic N) is 2. The molecule has 8 heteroatoms. The minimum atomic E-state index is -0.627. The number of thioether (sulfide) groups is 1. The maximum atomic E-state index is 12.4. The van der Waals surface area contributed by atoms with Gasteiger partial charge in [0.25, 0.3) is 5.91 Å². The van der Waals surface area contributed by atoms with Crippen LogP contribution >= 0.6 is 24.0 Å². The zero-order chi connectivity index (χ0) is 19.6. The molecule has 1 heterocycles. The Morgan fingerprint density at radius 2 is 1.96 bits per heavy atom. The third kappa shape index (κ3) is 4.01. The second-order valence-electron chi connectivity index (χ2n) is 5.90. The fourth-order valence-corrected chi connectivity index (χ4v) is 4.17. The molecular weight excluding hydrogens is 384 g/mol. The van der Waals surface area contributed by atoms with Crippen molar-refractivity contribution in [1.29, 1.82) is 0 Å². The van der Waals surface area contributed by atoms with E-state index in [2.05, 4.69) is 0 Å². The standard InChI is InChI=1S/C19H16N2O4S2/c1-2-20-18(23)16(27-19(20)26)11-14-9-13(8-12-6-4-3-5-7-12)10-15(17(14)22)21(24)25/h3-7,9-11,22H,2,8H2,1H3/b16-11+. The van der Waals surface area contributed by atoms with Crippen LogP contribution in [-0.4, -0.2) is 31.7 Å². The van der Waals surface area contributed by atoms with E-state index in [1.807, 2.05) is 37.3 Å². The van der Waals surface area contributed by atoms with Crippen LogP contribution in [0, 0.1) is 10.1 Å². The van der Waals surface area contributed by atoms with Gasteiger partial charge in [-0.1, -0.05) is 54.3 Å². The first-order valence-electron chi connectivity index (χ1n) is 8.20. The van der Waals surface area contributed by atoms with Gasteiger partial charge in [0.1, 0.15) is 4.32 Å². The summed E-state index contributed by atoms with van der Waals surface area (Å²) >= 11 is 6.30. The van der Waals surface area contributed by atoms with E-state index < -0.39 is 10.7 Å². The Hall–Kier alpha value is -2.71. The van der Waals surface area contributed by atoms with E-state index in [1.54, 1.807) is 6.07 Å². The summed E-state index contributed by atoms with van der Waals surface area (Å²) in [6.45, 7) is 2.26. The van der Waals surface area contributed by atoms with Crippen molar-refractivity contribution in [2.45, 2.75) is 13.3 Å². The lowest BCUT2D eigenvalue weighted by molar-refractivity contribution is -0.385. The molecule has 0 radical (unpaired) electrons. The van der Waals surface area contributed by atoms with Gasteiger partial charge in [0.15, 0.2) is 0 Å². The molecule has 6 nitrogen and oxygen atoms in total. The summed E-state index contributed by atoms with van der Waals surface area (Å²) in [5.74, 6) is -0.721. The molecule has 0 aromatic heterocycles. The average molecular weight is 400 g/mol. The van der Waals surface area contributed by atoms with Crippen molar-refractivity contribution in [3.8, 4) is 5.75 Å². The molecule has 2 aromatic rings. The first kappa shape index (κ1) is 19.1. The van der Waals surface area contributed by atoms with E-state index in [0.29, 0.717) is 27.8 Å². The molecule has 1 aliphatic heterocycles. The highest BCUT2D eigenvalue weighted by molar-refractivity contribution is 8.26. The van der Waals surface area contributed by atoms with Crippen LogP contribution in [0.25, 0.3) is 6.08 Å². The summed E-state index contributed by atoms with van der Waals surface area (Å²) < 4.78 is 0.433. The summed E-state index contributed by atoms with van der Waals surface area (Å²) in [4.78, 5) is 24.9. The van der Waals surface area contributed by atoms with E-state index in [4.69, 9.17) is 12.2 Å². The van der Waals surface area contributed by atoms with Crippen LogP contribution in [0.15, 0.2) is 47.4 Å². The van der Waals surface area contributed by atoms with Crippen molar-refractivity contribution in [1.82, 2.24) is 4.90 Å². The number of amides is 1. The molecule has 0 saturated carbocycles.